The first-order valence-corrected chi connectivity index (χ1v) is 5.85. The second-order valence-corrected chi connectivity index (χ2v) is 6.58. The monoisotopic (exact) mass is 213 g/mol. The van der Waals surface area contributed by atoms with Gasteiger partial charge in [-0.1, -0.05) is 41.5 Å². The molecule has 0 rings (SSSR count). The van der Waals surface area contributed by atoms with Crippen LogP contribution in [0.25, 0.3) is 0 Å². The molecular formula is C13H27NO. The lowest BCUT2D eigenvalue weighted by molar-refractivity contribution is -0.129. The lowest BCUT2D eigenvalue weighted by atomic mass is 9.72. The number of nitrogens with one attached hydrogen (secondary N) is 1. The first-order valence-electron chi connectivity index (χ1n) is 5.85. The summed E-state index contributed by atoms with van der Waals surface area (Å²) in [6, 6.07) is 0. The Morgan fingerprint density at radius 2 is 1.60 bits per heavy atom. The molecular weight excluding hydrogens is 186 g/mol. The number of carbonyl (C=O) groups is 1. The molecule has 15 heavy (non-hydrogen) atoms. The van der Waals surface area contributed by atoms with Gasteiger partial charge in [-0.2, -0.15) is 0 Å². The Kier molecular flexibility index (Phi) is 4.82. The number of hydrogen-bond donors (Lipinski definition) is 1. The van der Waals surface area contributed by atoms with E-state index < -0.39 is 0 Å². The number of hydrogen-bond acceptors (Lipinski definition) is 1. The first-order chi connectivity index (χ1) is 6.58. The summed E-state index contributed by atoms with van der Waals surface area (Å²) in [5.74, 6) is 0.289. The second kappa shape index (κ2) is 5.00. The highest BCUT2D eigenvalue weighted by molar-refractivity contribution is 5.79. The zero-order valence-corrected chi connectivity index (χ0v) is 11.4. The van der Waals surface area contributed by atoms with Gasteiger partial charge >= 0.3 is 0 Å². The summed E-state index contributed by atoms with van der Waals surface area (Å²) in [5.41, 5.74) is 0.232. The van der Waals surface area contributed by atoms with Crippen molar-refractivity contribution in [2.24, 2.45) is 16.7 Å². The fourth-order valence-electron chi connectivity index (χ4n) is 1.70. The van der Waals surface area contributed by atoms with Crippen molar-refractivity contribution in [3.8, 4) is 0 Å². The van der Waals surface area contributed by atoms with Crippen molar-refractivity contribution in [3.63, 3.8) is 0 Å². The van der Waals surface area contributed by atoms with Crippen molar-refractivity contribution in [3.05, 3.63) is 0 Å². The van der Waals surface area contributed by atoms with Gasteiger partial charge in [0, 0.05) is 12.5 Å². The normalized spacial score (nSPS) is 14.9. The minimum atomic E-state index is 0.0343. The Bertz CT molecular complexity index is 208. The molecule has 1 N–H and O–H groups in total. The molecule has 0 aromatic heterocycles. The van der Waals surface area contributed by atoms with Crippen LogP contribution in [0.2, 0.25) is 0 Å². The molecule has 1 unspecified atom stereocenters. The summed E-state index contributed by atoms with van der Waals surface area (Å²) in [6.45, 7) is 15.7. The molecule has 2 heteroatoms. The maximum absolute atomic E-state index is 12.0. The molecule has 0 aromatic rings. The quantitative estimate of drug-likeness (QED) is 0.766. The van der Waals surface area contributed by atoms with E-state index in [4.69, 9.17) is 0 Å². The van der Waals surface area contributed by atoms with E-state index in [2.05, 4.69) is 46.9 Å². The summed E-state index contributed by atoms with van der Waals surface area (Å²) in [4.78, 5) is 12.0. The van der Waals surface area contributed by atoms with Crippen LogP contribution in [-0.2, 0) is 4.79 Å². The average molecular weight is 213 g/mol. The van der Waals surface area contributed by atoms with Crippen LogP contribution in [0, 0.1) is 16.7 Å². The van der Waals surface area contributed by atoms with Crippen LogP contribution in [0.4, 0.5) is 0 Å². The van der Waals surface area contributed by atoms with Gasteiger partial charge in [0.2, 0.25) is 5.91 Å². The summed E-state index contributed by atoms with van der Waals surface area (Å²) in [5, 5.41) is 2.94. The molecule has 0 bridgehead atoms. The Hall–Kier alpha value is -0.530. The van der Waals surface area contributed by atoms with Gasteiger partial charge in [-0.05, 0) is 24.2 Å². The van der Waals surface area contributed by atoms with Crippen LogP contribution < -0.4 is 5.32 Å². The summed E-state index contributed by atoms with van der Waals surface area (Å²) in [7, 11) is 0. The fourth-order valence-corrected chi connectivity index (χ4v) is 1.70. The Labute approximate surface area is 94.8 Å². The molecule has 1 amide bonds. The van der Waals surface area contributed by atoms with Gasteiger partial charge in [0.25, 0.3) is 0 Å². The molecule has 1 atom stereocenters. The lowest BCUT2D eigenvalue weighted by Gasteiger charge is -2.34. The predicted molar refractivity (Wildman–Crippen MR) is 65.7 cm³/mol. The first kappa shape index (κ1) is 14.5. The van der Waals surface area contributed by atoms with Crippen LogP contribution in [0.3, 0.4) is 0 Å². The highest BCUT2D eigenvalue weighted by Crippen LogP contribution is 2.35. The molecule has 0 aliphatic rings. The number of rotatable bonds is 3. The summed E-state index contributed by atoms with van der Waals surface area (Å²) < 4.78 is 0. The molecule has 0 saturated heterocycles. The van der Waals surface area contributed by atoms with Crippen molar-refractivity contribution in [2.45, 2.75) is 54.9 Å². The Morgan fingerprint density at radius 3 is 1.87 bits per heavy atom. The standard InChI is InChI=1S/C13H27NO/c1-8-14-11(15)10(13(5,6)7)9-12(2,3)4/h10H,8-9H2,1-7H3,(H,14,15). The molecule has 2 nitrogen and oxygen atoms in total. The molecule has 0 saturated carbocycles. The Morgan fingerprint density at radius 1 is 1.13 bits per heavy atom. The van der Waals surface area contributed by atoms with Gasteiger partial charge in [-0.3, -0.25) is 4.79 Å². The van der Waals surface area contributed by atoms with E-state index in [-0.39, 0.29) is 22.7 Å². The SMILES string of the molecule is CCNC(=O)C(CC(C)(C)C)C(C)(C)C. The minimum absolute atomic E-state index is 0.0343. The summed E-state index contributed by atoms with van der Waals surface area (Å²) in [6.07, 6.45) is 0.933. The van der Waals surface area contributed by atoms with E-state index in [1.807, 2.05) is 6.92 Å². The van der Waals surface area contributed by atoms with Gasteiger partial charge in [-0.15, -0.1) is 0 Å². The third kappa shape index (κ3) is 5.81. The van der Waals surface area contributed by atoms with Gasteiger partial charge in [0.1, 0.15) is 0 Å². The van der Waals surface area contributed by atoms with Crippen LogP contribution in [0.15, 0.2) is 0 Å². The third-order valence-corrected chi connectivity index (χ3v) is 2.53. The van der Waals surface area contributed by atoms with Crippen LogP contribution in [-0.4, -0.2) is 12.5 Å². The van der Waals surface area contributed by atoms with Crippen molar-refractivity contribution in [1.82, 2.24) is 5.32 Å². The maximum atomic E-state index is 12.0. The van der Waals surface area contributed by atoms with E-state index in [9.17, 15) is 4.79 Å². The molecule has 0 radical (unpaired) electrons. The lowest BCUT2D eigenvalue weighted by Crippen LogP contribution is -2.39. The topological polar surface area (TPSA) is 29.1 Å². The molecule has 0 spiro atoms. The third-order valence-electron chi connectivity index (χ3n) is 2.53. The van der Waals surface area contributed by atoms with Gasteiger partial charge < -0.3 is 5.32 Å². The van der Waals surface area contributed by atoms with E-state index >= 15 is 0 Å². The van der Waals surface area contributed by atoms with E-state index in [1.54, 1.807) is 0 Å². The predicted octanol–water partition coefficient (Wildman–Crippen LogP) is 3.22. The van der Waals surface area contributed by atoms with Crippen LogP contribution >= 0.6 is 0 Å². The van der Waals surface area contributed by atoms with Crippen molar-refractivity contribution in [2.75, 3.05) is 6.54 Å². The highest BCUT2D eigenvalue weighted by atomic mass is 16.1. The van der Waals surface area contributed by atoms with Crippen LogP contribution in [0.1, 0.15) is 54.9 Å². The van der Waals surface area contributed by atoms with Gasteiger partial charge in [-0.25, -0.2) is 0 Å². The smallest absolute Gasteiger partial charge is 0.223 e. The van der Waals surface area contributed by atoms with E-state index in [0.717, 1.165) is 13.0 Å². The number of amides is 1. The molecule has 0 fully saturated rings. The van der Waals surface area contributed by atoms with E-state index in [0.29, 0.717) is 0 Å². The highest BCUT2D eigenvalue weighted by Gasteiger charge is 2.34. The second-order valence-electron chi connectivity index (χ2n) is 6.58. The van der Waals surface area contributed by atoms with Crippen molar-refractivity contribution in [1.29, 1.82) is 0 Å². The molecule has 90 valence electrons. The van der Waals surface area contributed by atoms with Gasteiger partial charge in [0.05, 0.1) is 0 Å². The largest absolute Gasteiger partial charge is 0.356 e. The molecule has 0 aliphatic heterocycles. The Balaban J connectivity index is 4.68. The fraction of sp³-hybridized carbons (Fsp3) is 0.923. The van der Waals surface area contributed by atoms with Gasteiger partial charge in [0.15, 0.2) is 0 Å². The maximum Gasteiger partial charge on any atom is 0.223 e. The molecule has 0 heterocycles. The zero-order chi connectivity index (χ0) is 12.3. The van der Waals surface area contributed by atoms with E-state index in [1.165, 1.54) is 0 Å². The summed E-state index contributed by atoms with van der Waals surface area (Å²) >= 11 is 0. The minimum Gasteiger partial charge on any atom is -0.356 e. The average Bonchev–Trinajstić information content (AvgIpc) is 1.97. The zero-order valence-electron chi connectivity index (χ0n) is 11.4. The molecule has 0 aromatic carbocycles. The number of carbonyl (C=O) groups excluding carboxylic acids is 1. The molecule has 0 aliphatic carbocycles. The van der Waals surface area contributed by atoms with Crippen LogP contribution in [0.5, 0.6) is 0 Å². The van der Waals surface area contributed by atoms with Crippen molar-refractivity contribution >= 4 is 5.91 Å². The van der Waals surface area contributed by atoms with Crippen molar-refractivity contribution < 1.29 is 4.79 Å².